The van der Waals surface area contributed by atoms with Gasteiger partial charge in [0.05, 0.1) is 72.2 Å². The van der Waals surface area contributed by atoms with Crippen LogP contribution in [0.1, 0.15) is 45.4 Å². The molecule has 2 aliphatic rings. The fourth-order valence-electron chi connectivity index (χ4n) is 4.97. The van der Waals surface area contributed by atoms with Crippen LogP contribution in [0.4, 0.5) is 0 Å². The van der Waals surface area contributed by atoms with E-state index >= 15 is 0 Å². The molecule has 0 bridgehead atoms. The number of aliphatic hydroxyl groups excluding tert-OH is 1. The molecule has 67 heavy (non-hydrogen) atoms. The molecular weight excluding hydrogens is 1040 g/mol. The molecule has 2 amide bonds. The minimum atomic E-state index is -6.92. The first-order chi connectivity index (χ1) is 31.2. The number of nitrogens with zero attached hydrogens (tertiary/aromatic N) is 4. The van der Waals surface area contributed by atoms with E-state index in [0.29, 0.717) is 45.9 Å². The normalized spacial score (nSPS) is 23.0. The smallest absolute Gasteiger partial charge is 0.280 e. The second kappa shape index (κ2) is 29.5. The molecule has 0 aliphatic carbocycles. The van der Waals surface area contributed by atoms with Gasteiger partial charge in [-0.2, -0.15) is 0 Å². The number of phosphoric acid groups is 6. The first kappa shape index (κ1) is 61.3. The Hall–Kier alpha value is -1.85. The van der Waals surface area contributed by atoms with Crippen molar-refractivity contribution in [2.75, 3.05) is 79.2 Å². The van der Waals surface area contributed by atoms with Crippen molar-refractivity contribution in [1.82, 2.24) is 15.5 Å². The molecular formula is C28H48N6O27P6-6. The van der Waals surface area contributed by atoms with E-state index in [1.165, 1.54) is 18.0 Å². The number of azide groups is 1. The van der Waals surface area contributed by atoms with Crippen molar-refractivity contribution in [3.63, 3.8) is 0 Å². The zero-order valence-electron chi connectivity index (χ0n) is 35.3. The number of ether oxygens (including phenoxy) is 5. The number of rotatable bonds is 37. The lowest BCUT2D eigenvalue weighted by atomic mass is 10.1. The van der Waals surface area contributed by atoms with Gasteiger partial charge in [0.2, 0.25) is 5.91 Å². The van der Waals surface area contributed by atoms with Gasteiger partial charge in [0, 0.05) is 42.6 Å². The van der Waals surface area contributed by atoms with Gasteiger partial charge in [-0.3, -0.25) is 37.0 Å². The molecule has 0 spiro atoms. The number of carbonyl (C=O) groups is 2. The second-order valence-corrected chi connectivity index (χ2v) is 22.3. The molecule has 1 fully saturated rings. The van der Waals surface area contributed by atoms with Gasteiger partial charge in [-0.1, -0.05) is 24.5 Å². The molecule has 0 radical (unpaired) electrons. The van der Waals surface area contributed by atoms with Crippen molar-refractivity contribution in [2.45, 2.75) is 63.9 Å². The highest BCUT2D eigenvalue weighted by atomic mass is 31.3. The largest absolute Gasteiger partial charge is 0.756 e. The zero-order valence-corrected chi connectivity index (χ0v) is 40.6. The van der Waals surface area contributed by atoms with Crippen LogP contribution in [0.2, 0.25) is 0 Å². The average Bonchev–Trinajstić information content (AvgIpc) is 3.55. The number of hydrogen-bond donors (Lipinski definition) is 3. The third-order valence-corrected chi connectivity index (χ3v) is 16.8. The van der Waals surface area contributed by atoms with Crippen LogP contribution in [-0.4, -0.2) is 119 Å². The Morgan fingerprint density at radius 2 is 1.27 bits per heavy atom. The van der Waals surface area contributed by atoms with Crippen LogP contribution in [0.3, 0.4) is 0 Å². The van der Waals surface area contributed by atoms with E-state index in [0.717, 1.165) is 0 Å². The highest BCUT2D eigenvalue weighted by Gasteiger charge is 2.40. The maximum atomic E-state index is 12.1. The molecule has 33 nitrogen and oxygen atoms in total. The molecule has 2 aliphatic heterocycles. The highest BCUT2D eigenvalue weighted by molar-refractivity contribution is 7.71. The van der Waals surface area contributed by atoms with E-state index in [2.05, 4.69) is 57.8 Å². The van der Waals surface area contributed by atoms with Crippen LogP contribution in [0.25, 0.3) is 10.4 Å². The van der Waals surface area contributed by atoms with Gasteiger partial charge in [-0.05, 0) is 25.3 Å². The molecule has 388 valence electrons. The van der Waals surface area contributed by atoms with Gasteiger partial charge in [-0.15, -0.1) is 0 Å². The topological polar surface area (TPSA) is 482 Å². The first-order valence-electron chi connectivity index (χ1n) is 19.3. The fraction of sp³-hybridized carbons (Fsp3) is 0.786. The maximum absolute atomic E-state index is 12.1. The van der Waals surface area contributed by atoms with Crippen molar-refractivity contribution in [1.29, 1.82) is 0 Å². The van der Waals surface area contributed by atoms with Gasteiger partial charge < -0.3 is 82.7 Å². The molecule has 0 saturated carbocycles. The lowest BCUT2D eigenvalue weighted by Crippen LogP contribution is -2.42. The number of amides is 2. The van der Waals surface area contributed by atoms with E-state index in [1.807, 2.05) is 0 Å². The number of nitrogens with one attached hydrogen (secondary N) is 2. The van der Waals surface area contributed by atoms with Crippen LogP contribution >= 0.6 is 46.9 Å². The summed E-state index contributed by atoms with van der Waals surface area (Å²) in [5.41, 5.74) is 8.35. The Morgan fingerprint density at radius 1 is 0.791 bits per heavy atom. The fourth-order valence-corrected chi connectivity index (χ4v) is 12.5. The van der Waals surface area contributed by atoms with Crippen LogP contribution in [0.15, 0.2) is 29.3 Å². The Kier molecular flexibility index (Phi) is 27.0. The van der Waals surface area contributed by atoms with Crippen molar-refractivity contribution < 1.29 is 126 Å². The van der Waals surface area contributed by atoms with Crippen molar-refractivity contribution in [3.05, 3.63) is 34.6 Å². The van der Waals surface area contributed by atoms with E-state index in [4.69, 9.17) is 29.2 Å². The van der Waals surface area contributed by atoms with Gasteiger partial charge in [0.1, 0.15) is 18.2 Å². The lowest BCUT2D eigenvalue weighted by Gasteiger charge is -2.38. The zero-order chi connectivity index (χ0) is 50.4. The Bertz CT molecular complexity index is 2010. The van der Waals surface area contributed by atoms with Crippen molar-refractivity contribution in [2.24, 2.45) is 5.11 Å². The molecule has 6 unspecified atom stereocenters. The minimum absolute atomic E-state index is 0.0232. The summed E-state index contributed by atoms with van der Waals surface area (Å²) in [5, 5.41) is 18.6. The molecule has 2 heterocycles. The van der Waals surface area contributed by atoms with E-state index in [1.54, 1.807) is 0 Å². The summed E-state index contributed by atoms with van der Waals surface area (Å²) in [6.45, 7) is 5.93. The first-order valence-corrected chi connectivity index (χ1v) is 28.0. The molecule has 2 rings (SSSR count). The van der Waals surface area contributed by atoms with Gasteiger partial charge in [-0.25, -0.2) is 21.6 Å². The van der Waals surface area contributed by atoms with Gasteiger partial charge >= 0.3 is 0 Å². The number of carbonyl (C=O) groups excluding carboxylic acids is 2. The molecule has 39 heteroatoms. The number of unbranched alkanes of at least 4 members (excludes halogenated alkanes) is 3. The predicted octanol–water partition coefficient (Wildman–Crippen LogP) is -1.36. The minimum Gasteiger partial charge on any atom is -0.756 e. The SMILES string of the molecule is C=C1NC(=O)C(C)=CN1[C@H]1C[C@@H](O)[C@@H](COP(=O)([O-])OP(=O)([O-])OP(=O)([O-])OP(=O)([O-])OP(=O)([O-])OP(=O)([O-])OCCCCCCNC(=O)CCOCCOCCOCCOCCN=[N+]=[N-])O1. The van der Waals surface area contributed by atoms with E-state index in [-0.39, 0.29) is 75.9 Å². The van der Waals surface area contributed by atoms with Crippen molar-refractivity contribution in [3.8, 4) is 0 Å². The van der Waals surface area contributed by atoms with Crippen LogP contribution in [-0.2, 0) is 91.3 Å². The summed E-state index contributed by atoms with van der Waals surface area (Å²) in [5.74, 6) is -0.767. The van der Waals surface area contributed by atoms with Gasteiger partial charge in [0.15, 0.2) is 0 Å². The number of phosphoric ester groups is 2. The molecule has 0 aromatic rings. The Balaban J connectivity index is 1.62. The lowest BCUT2D eigenvalue weighted by molar-refractivity contribution is -0.256. The van der Waals surface area contributed by atoms with E-state index < -0.39 is 84.5 Å². The highest BCUT2D eigenvalue weighted by Crippen LogP contribution is 2.70. The summed E-state index contributed by atoms with van der Waals surface area (Å²) in [7, 11) is -39.3. The van der Waals surface area contributed by atoms with Crippen LogP contribution < -0.4 is 40.0 Å². The third kappa shape index (κ3) is 27.4. The summed E-state index contributed by atoms with van der Waals surface area (Å²) < 4.78 is 124. The quantitative estimate of drug-likeness (QED) is 0.0213. The summed E-state index contributed by atoms with van der Waals surface area (Å²) >= 11 is 0. The van der Waals surface area contributed by atoms with Crippen LogP contribution in [0.5, 0.6) is 0 Å². The van der Waals surface area contributed by atoms with Crippen LogP contribution in [0, 0.1) is 0 Å². The monoisotopic (exact) mass is 1090 g/mol. The van der Waals surface area contributed by atoms with Crippen molar-refractivity contribution >= 4 is 58.8 Å². The van der Waals surface area contributed by atoms with E-state index in [9.17, 15) is 71.4 Å². The molecule has 3 N–H and O–H groups in total. The molecule has 0 aromatic carbocycles. The number of hydrogen-bond acceptors (Lipinski definition) is 29. The summed E-state index contributed by atoms with van der Waals surface area (Å²) in [6.07, 6.45) is -1.76. The Morgan fingerprint density at radius 3 is 1.81 bits per heavy atom. The number of aliphatic hydroxyl groups is 1. The molecule has 9 atom stereocenters. The maximum Gasteiger partial charge on any atom is 0.280 e. The second-order valence-electron chi connectivity index (χ2n) is 13.2. The Labute approximate surface area is 382 Å². The third-order valence-electron chi connectivity index (χ3n) is 7.80. The average molecular weight is 1090 g/mol. The molecule has 0 aromatic heterocycles. The molecule has 1 saturated heterocycles. The summed E-state index contributed by atoms with van der Waals surface area (Å²) in [6, 6.07) is 0. The predicted molar refractivity (Wildman–Crippen MR) is 209 cm³/mol. The summed E-state index contributed by atoms with van der Waals surface area (Å²) in [4.78, 5) is 99.5. The van der Waals surface area contributed by atoms with Gasteiger partial charge in [0.25, 0.3) is 52.8 Å². The standard InChI is InChI=1S/C28H54N6O27P6/c1-22-20-34(23(2)32-28(22)37)27-19-24(35)25(56-27)21-55-63(40,41)58-65(44,45)60-67(48,49)61-66(46,47)59-64(42,43)57-62(38,39)54-10-6-4-3-5-8-30-26(36)7-11-50-13-15-52-17-18-53-16-14-51-12-9-31-33-29/h20,24-25,27,35H,2-19,21H2,1H3,(H,30,36)(H,32,37)(H,38,39)(H,40,41)(H,42,43)(H,44,45)(H,46,47)(H,48,49)/p-6/t24-,25-,27-/m1/s1.